The molecular formula is C20H30Cl2N2. The van der Waals surface area contributed by atoms with E-state index in [2.05, 4.69) is 83.4 Å². The lowest BCUT2D eigenvalue weighted by Gasteiger charge is -2.24. The van der Waals surface area contributed by atoms with Crippen LogP contribution in [0.1, 0.15) is 40.3 Å². The summed E-state index contributed by atoms with van der Waals surface area (Å²) in [6, 6.07) is 8.91. The standard InChI is InChI=1S/C20H28N2.2ClH/c1-12-8-14(3)19(15(4)9-12)21-18(7)22-20-16(5)10-13(2)11-17(20)6;;/h8-11,18,21-22H,1-7H3;2*1H. The highest BCUT2D eigenvalue weighted by atomic mass is 35.5. The molecule has 0 bridgehead atoms. The van der Waals surface area contributed by atoms with Crippen LogP contribution in [0.3, 0.4) is 0 Å². The Hall–Kier alpha value is -1.38. The molecule has 0 unspecified atom stereocenters. The van der Waals surface area contributed by atoms with Gasteiger partial charge in [-0.2, -0.15) is 0 Å². The fraction of sp³-hybridized carbons (Fsp3) is 0.400. The number of hydrogen-bond acceptors (Lipinski definition) is 2. The molecule has 134 valence electrons. The van der Waals surface area contributed by atoms with Gasteiger partial charge in [-0.3, -0.25) is 0 Å². The lowest BCUT2D eigenvalue weighted by atomic mass is 10.0. The lowest BCUT2D eigenvalue weighted by Crippen LogP contribution is -2.26. The van der Waals surface area contributed by atoms with E-state index in [0.717, 1.165) is 0 Å². The van der Waals surface area contributed by atoms with Crippen molar-refractivity contribution in [2.24, 2.45) is 0 Å². The van der Waals surface area contributed by atoms with Crippen molar-refractivity contribution in [1.82, 2.24) is 0 Å². The van der Waals surface area contributed by atoms with Crippen molar-refractivity contribution in [3.05, 3.63) is 57.6 Å². The average molecular weight is 369 g/mol. The van der Waals surface area contributed by atoms with Crippen molar-refractivity contribution in [3.8, 4) is 0 Å². The lowest BCUT2D eigenvalue weighted by molar-refractivity contribution is 0.905. The van der Waals surface area contributed by atoms with Crippen LogP contribution in [0.5, 0.6) is 0 Å². The number of benzene rings is 2. The van der Waals surface area contributed by atoms with Gasteiger partial charge < -0.3 is 10.6 Å². The van der Waals surface area contributed by atoms with Gasteiger partial charge >= 0.3 is 0 Å². The summed E-state index contributed by atoms with van der Waals surface area (Å²) >= 11 is 0. The largest absolute Gasteiger partial charge is 0.365 e. The van der Waals surface area contributed by atoms with Gasteiger partial charge in [-0.15, -0.1) is 24.8 Å². The molecule has 2 aromatic carbocycles. The summed E-state index contributed by atoms with van der Waals surface area (Å²) < 4.78 is 0. The van der Waals surface area contributed by atoms with E-state index in [4.69, 9.17) is 0 Å². The molecule has 0 aliphatic rings. The maximum atomic E-state index is 3.61. The summed E-state index contributed by atoms with van der Waals surface area (Å²) in [6.45, 7) is 15.1. The molecule has 0 saturated heterocycles. The summed E-state index contributed by atoms with van der Waals surface area (Å²) in [5.41, 5.74) is 10.3. The number of aryl methyl sites for hydroxylation is 6. The van der Waals surface area contributed by atoms with E-state index in [9.17, 15) is 0 Å². The van der Waals surface area contributed by atoms with Gasteiger partial charge in [0.05, 0.1) is 6.17 Å². The third kappa shape index (κ3) is 5.32. The van der Waals surface area contributed by atoms with Crippen molar-refractivity contribution < 1.29 is 0 Å². The minimum Gasteiger partial charge on any atom is -0.365 e. The van der Waals surface area contributed by atoms with Gasteiger partial charge in [0.1, 0.15) is 0 Å². The maximum absolute atomic E-state index is 3.61. The van der Waals surface area contributed by atoms with Crippen molar-refractivity contribution in [2.75, 3.05) is 10.6 Å². The maximum Gasteiger partial charge on any atom is 0.0934 e. The van der Waals surface area contributed by atoms with E-state index >= 15 is 0 Å². The first-order valence-electron chi connectivity index (χ1n) is 7.96. The first kappa shape index (κ1) is 22.6. The average Bonchev–Trinajstić information content (AvgIpc) is 2.38. The van der Waals surface area contributed by atoms with E-state index in [0.29, 0.717) is 0 Å². The van der Waals surface area contributed by atoms with Crippen molar-refractivity contribution in [3.63, 3.8) is 0 Å². The molecule has 0 aliphatic carbocycles. The van der Waals surface area contributed by atoms with Crippen LogP contribution < -0.4 is 10.6 Å². The van der Waals surface area contributed by atoms with Crippen molar-refractivity contribution in [1.29, 1.82) is 0 Å². The van der Waals surface area contributed by atoms with Gasteiger partial charge in [-0.1, -0.05) is 35.4 Å². The Morgan fingerprint density at radius 2 is 0.833 bits per heavy atom. The fourth-order valence-corrected chi connectivity index (χ4v) is 3.28. The minimum absolute atomic E-state index is 0. The van der Waals surface area contributed by atoms with E-state index in [1.54, 1.807) is 0 Å². The molecule has 0 radical (unpaired) electrons. The van der Waals surface area contributed by atoms with Gasteiger partial charge in [0.15, 0.2) is 0 Å². The Kier molecular flexibility index (Phi) is 8.67. The smallest absolute Gasteiger partial charge is 0.0934 e. The highest BCUT2D eigenvalue weighted by Gasteiger charge is 2.10. The third-order valence-electron chi connectivity index (χ3n) is 4.08. The van der Waals surface area contributed by atoms with Crippen LogP contribution in [-0.2, 0) is 0 Å². The molecule has 0 spiro atoms. The highest BCUT2D eigenvalue weighted by Crippen LogP contribution is 2.25. The number of halogens is 2. The zero-order valence-electron chi connectivity index (χ0n) is 15.7. The number of anilines is 2. The third-order valence-corrected chi connectivity index (χ3v) is 4.08. The SMILES string of the molecule is Cc1cc(C)c(NC(C)Nc2c(C)cc(C)cc2C)c(C)c1.Cl.Cl. The van der Waals surface area contributed by atoms with Gasteiger partial charge in [-0.25, -0.2) is 0 Å². The zero-order chi connectivity index (χ0) is 16.4. The molecule has 2 rings (SSSR count). The predicted molar refractivity (Wildman–Crippen MR) is 113 cm³/mol. The molecule has 0 atom stereocenters. The van der Waals surface area contributed by atoms with Crippen LogP contribution in [0.15, 0.2) is 24.3 Å². The zero-order valence-corrected chi connectivity index (χ0v) is 17.3. The van der Waals surface area contributed by atoms with Crippen molar-refractivity contribution >= 4 is 36.2 Å². The van der Waals surface area contributed by atoms with E-state index < -0.39 is 0 Å². The van der Waals surface area contributed by atoms with E-state index in [1.807, 2.05) is 0 Å². The molecule has 0 saturated carbocycles. The second-order valence-corrected chi connectivity index (χ2v) is 6.56. The topological polar surface area (TPSA) is 24.1 Å². The second kappa shape index (κ2) is 9.19. The number of rotatable bonds is 4. The summed E-state index contributed by atoms with van der Waals surface area (Å²) in [5, 5.41) is 7.22. The molecule has 0 aromatic heterocycles. The highest BCUT2D eigenvalue weighted by molar-refractivity contribution is 5.85. The Bertz CT molecular complexity index is 591. The van der Waals surface area contributed by atoms with Gasteiger partial charge in [0.25, 0.3) is 0 Å². The first-order chi connectivity index (χ1) is 10.3. The monoisotopic (exact) mass is 368 g/mol. The molecule has 24 heavy (non-hydrogen) atoms. The summed E-state index contributed by atoms with van der Waals surface area (Å²) in [6.07, 6.45) is 0.167. The first-order valence-corrected chi connectivity index (χ1v) is 7.96. The second-order valence-electron chi connectivity index (χ2n) is 6.56. The molecule has 2 N–H and O–H groups in total. The Balaban J connectivity index is 0.00000264. The van der Waals surface area contributed by atoms with Crippen molar-refractivity contribution in [2.45, 2.75) is 54.6 Å². The van der Waals surface area contributed by atoms with E-state index in [1.165, 1.54) is 44.8 Å². The quantitative estimate of drug-likeness (QED) is 0.623. The molecule has 0 amide bonds. The normalized spacial score (nSPS) is 10.0. The fourth-order valence-electron chi connectivity index (χ4n) is 3.28. The van der Waals surface area contributed by atoms with Crippen LogP contribution in [0.2, 0.25) is 0 Å². The molecule has 4 heteroatoms. The van der Waals surface area contributed by atoms with Gasteiger partial charge in [0.2, 0.25) is 0 Å². The van der Waals surface area contributed by atoms with Crippen LogP contribution in [0.25, 0.3) is 0 Å². The number of hydrogen-bond donors (Lipinski definition) is 2. The number of nitrogens with one attached hydrogen (secondary N) is 2. The van der Waals surface area contributed by atoms with Crippen LogP contribution in [0, 0.1) is 41.5 Å². The summed E-state index contributed by atoms with van der Waals surface area (Å²) in [4.78, 5) is 0. The van der Waals surface area contributed by atoms with Crippen LogP contribution in [-0.4, -0.2) is 6.17 Å². The van der Waals surface area contributed by atoms with Crippen LogP contribution >= 0.6 is 24.8 Å². The Labute approximate surface area is 159 Å². The molecule has 0 heterocycles. The van der Waals surface area contributed by atoms with E-state index in [-0.39, 0.29) is 31.0 Å². The van der Waals surface area contributed by atoms with Gasteiger partial charge in [0, 0.05) is 11.4 Å². The minimum atomic E-state index is 0. The predicted octanol–water partition coefficient (Wildman–Crippen LogP) is 6.25. The molecule has 0 fully saturated rings. The summed E-state index contributed by atoms with van der Waals surface area (Å²) in [5.74, 6) is 0. The molecule has 0 aliphatic heterocycles. The van der Waals surface area contributed by atoms with Gasteiger partial charge in [-0.05, 0) is 70.7 Å². The Morgan fingerprint density at radius 1 is 0.583 bits per heavy atom. The Morgan fingerprint density at radius 3 is 1.08 bits per heavy atom. The van der Waals surface area contributed by atoms with Crippen LogP contribution in [0.4, 0.5) is 11.4 Å². The molecule has 2 nitrogen and oxygen atoms in total. The molecule has 2 aromatic rings. The molecular weight excluding hydrogens is 339 g/mol. The summed E-state index contributed by atoms with van der Waals surface area (Å²) in [7, 11) is 0.